The third-order valence-electron chi connectivity index (χ3n) is 0.129. The van der Waals surface area contributed by atoms with Gasteiger partial charge in [0.1, 0.15) is 0 Å². The molecule has 0 aliphatic rings. The van der Waals surface area contributed by atoms with Crippen molar-refractivity contribution in [2.24, 2.45) is 0 Å². The van der Waals surface area contributed by atoms with Crippen LogP contribution in [-0.4, -0.2) is 6.66 Å². The van der Waals surface area contributed by atoms with Crippen molar-refractivity contribution in [2.45, 2.75) is 0 Å². The molecule has 1 atom stereocenters. The van der Waals surface area contributed by atoms with Gasteiger partial charge in [0, 0.05) is 7.04 Å². The van der Waals surface area contributed by atoms with Gasteiger partial charge in [0.25, 0.3) is 0 Å². The van der Waals surface area contributed by atoms with E-state index in [0.29, 0.717) is 0 Å². The molecule has 0 aromatic carbocycles. The highest BCUT2D eigenvalue weighted by atomic mass is 32.7. The lowest BCUT2D eigenvalue weighted by atomic mass is 12.0. The zero-order chi connectivity index (χ0) is 4.28. The largest absolute Gasteiger partial charge is 0.0909 e. The van der Waals surface area contributed by atoms with Gasteiger partial charge < -0.3 is 0 Å². The van der Waals surface area contributed by atoms with Crippen LogP contribution in [0, 0.1) is 0 Å². The van der Waals surface area contributed by atoms with Gasteiger partial charge in [-0.1, -0.05) is 23.6 Å². The van der Waals surface area contributed by atoms with Crippen molar-refractivity contribution in [3.05, 3.63) is 0 Å². The lowest BCUT2D eigenvalue weighted by Gasteiger charge is -1.66. The zero-order valence-corrected chi connectivity index (χ0v) is 6.29. The highest BCUT2D eigenvalue weighted by molar-refractivity contribution is 8.47. The van der Waals surface area contributed by atoms with Crippen molar-refractivity contribution < 1.29 is 0 Å². The van der Waals surface area contributed by atoms with Gasteiger partial charge in [0.15, 0.2) is 0 Å². The molecule has 1 unspecified atom stereocenters. The molecule has 0 rings (SSSR count). The molecule has 0 amide bonds. The molecule has 0 aromatic rings. The minimum atomic E-state index is -0.504. The number of rotatable bonds is 1. The van der Waals surface area contributed by atoms with Gasteiger partial charge in [0.05, 0.1) is 0 Å². The van der Waals surface area contributed by atoms with E-state index in [-0.39, 0.29) is 0 Å². The predicted octanol–water partition coefficient (Wildman–Crippen LogP) is 1.62. The molecule has 0 heterocycles. The highest BCUT2D eigenvalue weighted by Crippen LogP contribution is 2.30. The van der Waals surface area contributed by atoms with E-state index in [0.717, 1.165) is 7.04 Å². The van der Waals surface area contributed by atoms with Crippen LogP contribution in [0.3, 0.4) is 0 Å². The van der Waals surface area contributed by atoms with Crippen LogP contribution in [0.5, 0.6) is 0 Å². The van der Waals surface area contributed by atoms with Gasteiger partial charge in [-0.25, -0.2) is 0 Å². The molecule has 0 N–H and O–H groups in total. The molecule has 0 bridgehead atoms. The Balaban J connectivity index is 3.20. The summed E-state index contributed by atoms with van der Waals surface area (Å²) in [4.78, 5) is 0. The molecule has 0 saturated heterocycles. The fraction of sp³-hybridized carbons (Fsp3) is 1.00. The minimum Gasteiger partial charge on any atom is -0.0909 e. The smallest absolute Gasteiger partial charge is 0.00839 e. The van der Waals surface area contributed by atoms with E-state index in [2.05, 4.69) is 11.8 Å². The average molecular weight is 142 g/mol. The topological polar surface area (TPSA) is 0 Å². The first-order chi connectivity index (χ1) is 2.27. The molecule has 0 aromatic heterocycles. The Kier molecular flexibility index (Phi) is 4.15. The summed E-state index contributed by atoms with van der Waals surface area (Å²) < 4.78 is 0. The Morgan fingerprint density at radius 2 is 2.00 bits per heavy atom. The normalized spacial score (nSPS) is 15.4. The molecule has 0 nitrogen and oxygen atoms in total. The van der Waals surface area contributed by atoms with Crippen molar-refractivity contribution in [2.75, 3.05) is 6.66 Å². The number of hydrogen-bond donors (Lipinski definition) is 0. The number of hydrogen-bond acceptors (Lipinski definition) is 2. The second-order valence-corrected chi connectivity index (χ2v) is 8.78. The Morgan fingerprint density at radius 1 is 1.80 bits per heavy atom. The van der Waals surface area contributed by atoms with Gasteiger partial charge in [-0.05, 0) is 13.1 Å². The van der Waals surface area contributed by atoms with Crippen molar-refractivity contribution >= 4 is 37.0 Å². The van der Waals surface area contributed by atoms with Crippen molar-refractivity contribution in [1.82, 2.24) is 0 Å². The SMILES string of the molecule is C[PH](=S)P=S. The molecule has 30 valence electrons. The van der Waals surface area contributed by atoms with E-state index in [4.69, 9.17) is 11.8 Å². The van der Waals surface area contributed by atoms with E-state index >= 15 is 0 Å². The molecule has 0 saturated carbocycles. The molecule has 0 aliphatic carbocycles. The summed E-state index contributed by atoms with van der Waals surface area (Å²) in [5.41, 5.74) is 0. The third kappa shape index (κ3) is 5.17. The molecule has 5 heavy (non-hydrogen) atoms. The van der Waals surface area contributed by atoms with Crippen LogP contribution >= 0.6 is 13.4 Å². The standard InChI is InChI=1S/CH4P2S2/c1-3(5)2-4/h3H,1H3. The fourth-order valence-corrected chi connectivity index (χ4v) is 0. The highest BCUT2D eigenvalue weighted by Gasteiger charge is 1.64. The Hall–Kier alpha value is 1.17. The molecule has 0 spiro atoms. The van der Waals surface area contributed by atoms with Crippen LogP contribution < -0.4 is 0 Å². The molecule has 0 aliphatic heterocycles. The maximum atomic E-state index is 4.77. The van der Waals surface area contributed by atoms with E-state index in [9.17, 15) is 0 Å². The maximum absolute atomic E-state index is 4.77. The second-order valence-electron chi connectivity index (χ2n) is 0.610. The summed E-state index contributed by atoms with van der Waals surface area (Å²) in [6.07, 6.45) is -0.504. The summed E-state index contributed by atoms with van der Waals surface area (Å²) in [5, 5.41) is 0. The summed E-state index contributed by atoms with van der Waals surface area (Å²) in [5.74, 6) is 0. The van der Waals surface area contributed by atoms with Crippen molar-refractivity contribution in [3.63, 3.8) is 0 Å². The van der Waals surface area contributed by atoms with Gasteiger partial charge in [0.2, 0.25) is 0 Å². The van der Waals surface area contributed by atoms with Gasteiger partial charge in [-0.2, -0.15) is 0 Å². The zero-order valence-electron chi connectivity index (χ0n) is 2.76. The monoisotopic (exact) mass is 142 g/mol. The van der Waals surface area contributed by atoms with Crippen LogP contribution in [0.4, 0.5) is 0 Å². The second kappa shape index (κ2) is 3.36. The van der Waals surface area contributed by atoms with Crippen LogP contribution in [0.15, 0.2) is 0 Å². The van der Waals surface area contributed by atoms with Gasteiger partial charge in [-0.15, -0.1) is 0 Å². The van der Waals surface area contributed by atoms with E-state index in [1.807, 2.05) is 6.66 Å². The Bertz CT molecular complexity index is 58.7. The van der Waals surface area contributed by atoms with Crippen molar-refractivity contribution in [3.8, 4) is 0 Å². The quantitative estimate of drug-likeness (QED) is 0.510. The molecular formula is CH4P2S2. The van der Waals surface area contributed by atoms with E-state index in [1.54, 1.807) is 0 Å². The molecule has 0 radical (unpaired) electrons. The van der Waals surface area contributed by atoms with Crippen molar-refractivity contribution in [1.29, 1.82) is 0 Å². The summed E-state index contributed by atoms with van der Waals surface area (Å²) >= 11 is 9.35. The van der Waals surface area contributed by atoms with E-state index in [1.165, 1.54) is 0 Å². The van der Waals surface area contributed by atoms with Gasteiger partial charge in [-0.3, -0.25) is 0 Å². The maximum Gasteiger partial charge on any atom is 0.00839 e. The Labute approximate surface area is 44.1 Å². The first kappa shape index (κ1) is 6.17. The summed E-state index contributed by atoms with van der Waals surface area (Å²) in [6, 6.07) is 0. The fourth-order valence-electron chi connectivity index (χ4n) is 0. The van der Waals surface area contributed by atoms with Crippen LogP contribution in [0.25, 0.3) is 0 Å². The summed E-state index contributed by atoms with van der Waals surface area (Å²) in [6.45, 7) is 2.02. The molecule has 4 heteroatoms. The molecule has 0 fully saturated rings. The molecular weight excluding hydrogens is 138 g/mol. The van der Waals surface area contributed by atoms with E-state index < -0.39 is 6.39 Å². The first-order valence-corrected chi connectivity index (χ1v) is 6.99. The predicted molar refractivity (Wildman–Crippen MR) is 35.9 cm³/mol. The van der Waals surface area contributed by atoms with Crippen LogP contribution in [0.1, 0.15) is 0 Å². The minimum absolute atomic E-state index is 0.504. The summed E-state index contributed by atoms with van der Waals surface area (Å²) in [7, 11) is 0.997. The van der Waals surface area contributed by atoms with Gasteiger partial charge >= 0.3 is 0 Å². The lowest BCUT2D eigenvalue weighted by Crippen LogP contribution is -1.19. The van der Waals surface area contributed by atoms with Crippen LogP contribution in [0.2, 0.25) is 0 Å². The third-order valence-corrected chi connectivity index (χ3v) is 5.48. The van der Waals surface area contributed by atoms with Crippen LogP contribution in [-0.2, 0) is 23.6 Å². The lowest BCUT2D eigenvalue weighted by molar-refractivity contribution is 2.51. The first-order valence-electron chi connectivity index (χ1n) is 1.11. The Morgan fingerprint density at radius 3 is 2.00 bits per heavy atom. The average Bonchev–Trinajstić information content (AvgIpc) is 1.38.